The minimum absolute atomic E-state index is 0.0221. The lowest BCUT2D eigenvalue weighted by Gasteiger charge is -2.31. The largest absolute Gasteiger partial charge is 0.481 e. The fraction of sp³-hybridized carbons (Fsp3) is 0.500. The molecule has 0 amide bonds. The number of nitrogens with zero attached hydrogens (tertiary/aromatic N) is 2. The molecule has 0 N–H and O–H groups in total. The summed E-state index contributed by atoms with van der Waals surface area (Å²) in [4.78, 5) is 8.95. The highest BCUT2D eigenvalue weighted by molar-refractivity contribution is 5.25. The number of pyridine rings is 2. The normalized spacial score (nSPS) is 12.1. The van der Waals surface area contributed by atoms with E-state index in [-0.39, 0.29) is 10.8 Å². The minimum atomic E-state index is -0.0221. The van der Waals surface area contributed by atoms with Gasteiger partial charge in [-0.2, -0.15) is 0 Å². The molecule has 0 aliphatic heterocycles. The molecule has 24 heavy (non-hydrogen) atoms. The van der Waals surface area contributed by atoms with E-state index in [0.717, 1.165) is 18.5 Å². The first-order chi connectivity index (χ1) is 11.3. The number of hydrogen-bond acceptors (Lipinski definition) is 4. The molecule has 130 valence electrons. The molecule has 0 aliphatic rings. The third-order valence-corrected chi connectivity index (χ3v) is 4.73. The number of hydrogen-bond donors (Lipinski definition) is 0. The van der Waals surface area contributed by atoms with Gasteiger partial charge in [-0.05, 0) is 29.9 Å². The van der Waals surface area contributed by atoms with Crippen LogP contribution in [0.5, 0.6) is 11.8 Å². The van der Waals surface area contributed by atoms with E-state index in [0.29, 0.717) is 11.8 Å². The first-order valence-corrected chi connectivity index (χ1v) is 8.30. The number of methoxy groups -OCH3 is 2. The topological polar surface area (TPSA) is 44.2 Å². The van der Waals surface area contributed by atoms with Crippen LogP contribution >= 0.6 is 0 Å². The standard InChI is InChI=1S/C20H28N2O2/c1-19(2,15-10-11-17(23-5)21-14-15)12-13-20(3,4)16-8-7-9-18(22-16)24-6/h7-11,14H,12-13H2,1-6H3. The van der Waals surface area contributed by atoms with Crippen molar-refractivity contribution in [3.8, 4) is 11.8 Å². The molecule has 0 aromatic carbocycles. The molecule has 0 unspecified atom stereocenters. The predicted octanol–water partition coefficient (Wildman–Crippen LogP) is 4.53. The Kier molecular flexibility index (Phi) is 5.47. The smallest absolute Gasteiger partial charge is 0.213 e. The van der Waals surface area contributed by atoms with Crippen molar-refractivity contribution in [2.45, 2.75) is 51.4 Å². The van der Waals surface area contributed by atoms with E-state index < -0.39 is 0 Å². The molecule has 0 fully saturated rings. The van der Waals surface area contributed by atoms with Crippen LogP contribution in [0, 0.1) is 0 Å². The van der Waals surface area contributed by atoms with Crippen LogP contribution in [0.1, 0.15) is 51.8 Å². The molecule has 2 aromatic heterocycles. The Morgan fingerprint density at radius 1 is 0.833 bits per heavy atom. The summed E-state index contributed by atoms with van der Waals surface area (Å²) < 4.78 is 10.4. The van der Waals surface area contributed by atoms with Crippen LogP contribution in [0.25, 0.3) is 0 Å². The molecule has 4 nitrogen and oxygen atoms in total. The Labute approximate surface area is 145 Å². The van der Waals surface area contributed by atoms with Crippen molar-refractivity contribution in [1.82, 2.24) is 9.97 Å². The molecule has 0 atom stereocenters. The van der Waals surface area contributed by atoms with Crippen molar-refractivity contribution in [2.24, 2.45) is 0 Å². The number of ether oxygens (including phenoxy) is 2. The fourth-order valence-electron chi connectivity index (χ4n) is 2.70. The third-order valence-electron chi connectivity index (χ3n) is 4.73. The quantitative estimate of drug-likeness (QED) is 0.749. The predicted molar refractivity (Wildman–Crippen MR) is 96.9 cm³/mol. The zero-order chi connectivity index (χ0) is 17.8. The Morgan fingerprint density at radius 3 is 2.08 bits per heavy atom. The molecule has 0 bridgehead atoms. The van der Waals surface area contributed by atoms with Crippen molar-refractivity contribution in [3.05, 3.63) is 47.8 Å². The van der Waals surface area contributed by atoms with E-state index >= 15 is 0 Å². The van der Waals surface area contributed by atoms with Gasteiger partial charge in [0.15, 0.2) is 0 Å². The maximum absolute atomic E-state index is 5.26. The van der Waals surface area contributed by atoms with Crippen molar-refractivity contribution in [1.29, 1.82) is 0 Å². The average molecular weight is 328 g/mol. The monoisotopic (exact) mass is 328 g/mol. The van der Waals surface area contributed by atoms with Crippen LogP contribution < -0.4 is 9.47 Å². The Hall–Kier alpha value is -2.10. The third kappa shape index (κ3) is 4.25. The zero-order valence-electron chi connectivity index (χ0n) is 15.6. The van der Waals surface area contributed by atoms with Gasteiger partial charge < -0.3 is 9.47 Å². The van der Waals surface area contributed by atoms with E-state index in [1.54, 1.807) is 14.2 Å². The Bertz CT molecular complexity index is 664. The van der Waals surface area contributed by atoms with Gasteiger partial charge in [0.2, 0.25) is 11.8 Å². The van der Waals surface area contributed by atoms with E-state index in [1.165, 1.54) is 5.56 Å². The van der Waals surface area contributed by atoms with E-state index in [9.17, 15) is 0 Å². The highest BCUT2D eigenvalue weighted by Crippen LogP contribution is 2.35. The van der Waals surface area contributed by atoms with Gasteiger partial charge in [0, 0.05) is 23.7 Å². The maximum atomic E-state index is 5.26. The lowest BCUT2D eigenvalue weighted by molar-refractivity contribution is 0.356. The van der Waals surface area contributed by atoms with Crippen molar-refractivity contribution >= 4 is 0 Å². The molecular formula is C20H28N2O2. The molecule has 0 aliphatic carbocycles. The molecular weight excluding hydrogens is 300 g/mol. The molecule has 0 spiro atoms. The van der Waals surface area contributed by atoms with Gasteiger partial charge in [0.25, 0.3) is 0 Å². The van der Waals surface area contributed by atoms with E-state index in [1.807, 2.05) is 24.4 Å². The Balaban J connectivity index is 2.11. The number of rotatable bonds is 7. The number of aromatic nitrogens is 2. The molecule has 0 saturated carbocycles. The summed E-state index contributed by atoms with van der Waals surface area (Å²) in [6, 6.07) is 9.98. The second kappa shape index (κ2) is 7.20. The molecule has 0 radical (unpaired) electrons. The summed E-state index contributed by atoms with van der Waals surface area (Å²) in [5, 5.41) is 0. The van der Waals surface area contributed by atoms with Gasteiger partial charge in [-0.25, -0.2) is 9.97 Å². The minimum Gasteiger partial charge on any atom is -0.481 e. The highest BCUT2D eigenvalue weighted by atomic mass is 16.5. The van der Waals surface area contributed by atoms with Crippen molar-refractivity contribution in [2.75, 3.05) is 14.2 Å². The summed E-state index contributed by atoms with van der Waals surface area (Å²) in [7, 11) is 3.29. The van der Waals surface area contributed by atoms with E-state index in [4.69, 9.17) is 9.47 Å². The van der Waals surface area contributed by atoms with Gasteiger partial charge in [0.05, 0.1) is 19.9 Å². The maximum Gasteiger partial charge on any atom is 0.213 e. The van der Waals surface area contributed by atoms with Crippen LogP contribution in [0.3, 0.4) is 0 Å². The lowest BCUT2D eigenvalue weighted by atomic mass is 9.74. The average Bonchev–Trinajstić information content (AvgIpc) is 2.60. The summed E-state index contributed by atoms with van der Waals surface area (Å²) in [6.07, 6.45) is 3.97. The van der Waals surface area contributed by atoms with Crippen LogP contribution in [0.4, 0.5) is 0 Å². The van der Waals surface area contributed by atoms with Gasteiger partial charge >= 0.3 is 0 Å². The van der Waals surface area contributed by atoms with Gasteiger partial charge in [-0.3, -0.25) is 0 Å². The zero-order valence-corrected chi connectivity index (χ0v) is 15.6. The molecule has 2 rings (SSSR count). The molecule has 2 aromatic rings. The first-order valence-electron chi connectivity index (χ1n) is 8.30. The van der Waals surface area contributed by atoms with Crippen LogP contribution in [-0.2, 0) is 10.8 Å². The first kappa shape index (κ1) is 18.2. The highest BCUT2D eigenvalue weighted by Gasteiger charge is 2.28. The molecule has 2 heterocycles. The summed E-state index contributed by atoms with van der Waals surface area (Å²) in [6.45, 7) is 8.98. The van der Waals surface area contributed by atoms with Gasteiger partial charge in [-0.1, -0.05) is 39.8 Å². The van der Waals surface area contributed by atoms with Crippen LogP contribution in [0.2, 0.25) is 0 Å². The molecule has 4 heteroatoms. The fourth-order valence-corrected chi connectivity index (χ4v) is 2.70. The van der Waals surface area contributed by atoms with Crippen molar-refractivity contribution in [3.63, 3.8) is 0 Å². The van der Waals surface area contributed by atoms with E-state index in [2.05, 4.69) is 49.8 Å². The van der Waals surface area contributed by atoms with Crippen molar-refractivity contribution < 1.29 is 9.47 Å². The second-order valence-electron chi connectivity index (χ2n) is 7.42. The molecule has 0 saturated heterocycles. The summed E-state index contributed by atoms with van der Waals surface area (Å²) in [5.41, 5.74) is 2.30. The summed E-state index contributed by atoms with van der Waals surface area (Å²) in [5.74, 6) is 1.31. The second-order valence-corrected chi connectivity index (χ2v) is 7.42. The van der Waals surface area contributed by atoms with Gasteiger partial charge in [0.1, 0.15) is 0 Å². The summed E-state index contributed by atoms with van der Waals surface area (Å²) >= 11 is 0. The SMILES string of the molecule is COc1ccc(C(C)(C)CCC(C)(C)c2cccc(OC)n2)cn1. The van der Waals surface area contributed by atoms with Crippen LogP contribution in [0.15, 0.2) is 36.5 Å². The lowest BCUT2D eigenvalue weighted by Crippen LogP contribution is -2.25. The van der Waals surface area contributed by atoms with Crippen LogP contribution in [-0.4, -0.2) is 24.2 Å². The van der Waals surface area contributed by atoms with Gasteiger partial charge in [-0.15, -0.1) is 0 Å². The Morgan fingerprint density at radius 2 is 1.50 bits per heavy atom.